The normalized spacial score (nSPS) is 18.2. The number of hydrogen-bond donors (Lipinski definition) is 0. The molecule has 0 saturated carbocycles. The molecule has 0 aliphatic carbocycles. The monoisotopic (exact) mass is 517 g/mol. The maximum atomic E-state index is 14.0. The van der Waals surface area contributed by atoms with Crippen LogP contribution in [0, 0.1) is 0 Å². The number of rotatable bonds is 5. The van der Waals surface area contributed by atoms with Gasteiger partial charge in [-0.05, 0) is 36.8 Å². The van der Waals surface area contributed by atoms with Crippen molar-refractivity contribution in [2.45, 2.75) is 58.3 Å². The standard InChI is InChI=1S/C30H31NO7/c1-7-22(32)36-28-25-21(38-30(3,4)29(28)37-23(33)8-2)15-20(35-6)24-26(25)31(5)19-14-17-12-10-9-11-16(17)13-18(19)27(24)34/h9-15,28-29H,7-8H2,1-6H3/t28-,29-/m1/s1. The lowest BCUT2D eigenvalue weighted by Gasteiger charge is -2.43. The fraction of sp³-hybridized carbons (Fsp3) is 0.367. The molecule has 1 aliphatic heterocycles. The van der Waals surface area contributed by atoms with E-state index in [1.54, 1.807) is 33.8 Å². The molecular weight excluding hydrogens is 486 g/mol. The predicted octanol–water partition coefficient (Wildman–Crippen LogP) is 5.34. The summed E-state index contributed by atoms with van der Waals surface area (Å²) < 4.78 is 25.8. The Kier molecular flexibility index (Phi) is 6.29. The van der Waals surface area contributed by atoms with Gasteiger partial charge in [0.05, 0.1) is 29.1 Å². The molecule has 0 saturated heterocycles. The Bertz CT molecular complexity index is 1670. The zero-order valence-electron chi connectivity index (χ0n) is 22.4. The lowest BCUT2D eigenvalue weighted by molar-refractivity contribution is -0.190. The summed E-state index contributed by atoms with van der Waals surface area (Å²) in [5.41, 5.74) is 0.399. The van der Waals surface area contributed by atoms with Crippen molar-refractivity contribution >= 4 is 44.5 Å². The molecule has 1 aromatic heterocycles. The van der Waals surface area contributed by atoms with Crippen LogP contribution in [0.1, 0.15) is 52.2 Å². The molecule has 2 atom stereocenters. The van der Waals surface area contributed by atoms with Crippen molar-refractivity contribution in [2.75, 3.05) is 7.11 Å². The third kappa shape index (κ3) is 3.95. The zero-order chi connectivity index (χ0) is 27.4. The van der Waals surface area contributed by atoms with Crippen molar-refractivity contribution in [1.29, 1.82) is 0 Å². The highest BCUT2D eigenvalue weighted by Crippen LogP contribution is 2.49. The molecule has 0 N–H and O–H groups in total. The van der Waals surface area contributed by atoms with Crippen LogP contribution >= 0.6 is 0 Å². The van der Waals surface area contributed by atoms with E-state index in [2.05, 4.69) is 0 Å². The van der Waals surface area contributed by atoms with Crippen LogP contribution in [0.15, 0.2) is 47.3 Å². The highest BCUT2D eigenvalue weighted by atomic mass is 16.6. The molecule has 0 amide bonds. The number of pyridine rings is 1. The Morgan fingerprint density at radius 1 is 1.00 bits per heavy atom. The summed E-state index contributed by atoms with van der Waals surface area (Å²) in [4.78, 5) is 39.2. The van der Waals surface area contributed by atoms with E-state index >= 15 is 0 Å². The van der Waals surface area contributed by atoms with Crippen molar-refractivity contribution in [3.8, 4) is 11.5 Å². The molecule has 2 heterocycles. The van der Waals surface area contributed by atoms with Gasteiger partial charge in [-0.25, -0.2) is 0 Å². The highest BCUT2D eigenvalue weighted by Gasteiger charge is 2.50. The first-order chi connectivity index (χ1) is 18.1. The number of esters is 2. The van der Waals surface area contributed by atoms with Gasteiger partial charge in [0.25, 0.3) is 0 Å². The molecule has 38 heavy (non-hydrogen) atoms. The van der Waals surface area contributed by atoms with Gasteiger partial charge >= 0.3 is 11.9 Å². The van der Waals surface area contributed by atoms with Gasteiger partial charge in [0.2, 0.25) is 5.43 Å². The van der Waals surface area contributed by atoms with Gasteiger partial charge in [0, 0.05) is 31.3 Å². The highest BCUT2D eigenvalue weighted by molar-refractivity contribution is 6.04. The number of fused-ring (bicyclic) bond motifs is 5. The molecule has 4 aromatic rings. The van der Waals surface area contributed by atoms with Crippen LogP contribution in [0.2, 0.25) is 0 Å². The number of nitrogens with zero attached hydrogens (tertiary/aromatic N) is 1. The van der Waals surface area contributed by atoms with Crippen molar-refractivity contribution in [3.05, 3.63) is 58.3 Å². The van der Waals surface area contributed by atoms with Gasteiger partial charge in [0.1, 0.15) is 17.1 Å². The van der Waals surface area contributed by atoms with Gasteiger partial charge in [-0.3, -0.25) is 14.4 Å². The van der Waals surface area contributed by atoms with Crippen molar-refractivity contribution in [2.24, 2.45) is 7.05 Å². The van der Waals surface area contributed by atoms with Crippen LogP contribution in [0.3, 0.4) is 0 Å². The average Bonchev–Trinajstić information content (AvgIpc) is 2.91. The van der Waals surface area contributed by atoms with Crippen LogP contribution in [0.5, 0.6) is 11.5 Å². The maximum absolute atomic E-state index is 14.0. The number of methoxy groups -OCH3 is 1. The van der Waals surface area contributed by atoms with Gasteiger partial charge < -0.3 is 23.5 Å². The second-order valence-electron chi connectivity index (χ2n) is 10.1. The SMILES string of the molecule is CCC(=O)O[C@@H]1c2c(cc(OC)c3c(=O)c4cc5ccccc5cc4n(C)c23)OC(C)(C)[C@@H]1OC(=O)CC. The van der Waals surface area contributed by atoms with E-state index in [0.717, 1.165) is 10.8 Å². The molecular formula is C30H31NO7. The molecule has 0 unspecified atom stereocenters. The Morgan fingerprint density at radius 3 is 2.26 bits per heavy atom. The second kappa shape index (κ2) is 9.35. The van der Waals surface area contributed by atoms with E-state index in [1.807, 2.05) is 48.0 Å². The first kappa shape index (κ1) is 25.6. The van der Waals surface area contributed by atoms with Crippen molar-refractivity contribution in [3.63, 3.8) is 0 Å². The second-order valence-corrected chi connectivity index (χ2v) is 10.1. The van der Waals surface area contributed by atoms with E-state index in [-0.39, 0.29) is 18.3 Å². The topological polar surface area (TPSA) is 93.1 Å². The summed E-state index contributed by atoms with van der Waals surface area (Å²) in [6, 6.07) is 13.3. The number of carbonyl (C=O) groups is 2. The minimum Gasteiger partial charge on any atom is -0.496 e. The van der Waals surface area contributed by atoms with Crippen LogP contribution < -0.4 is 14.9 Å². The Morgan fingerprint density at radius 2 is 1.63 bits per heavy atom. The van der Waals surface area contributed by atoms with Crippen molar-refractivity contribution < 1.29 is 28.5 Å². The van der Waals surface area contributed by atoms with Gasteiger partial charge in [-0.15, -0.1) is 0 Å². The molecule has 1 aliphatic rings. The summed E-state index contributed by atoms with van der Waals surface area (Å²) in [5, 5.41) is 2.79. The quantitative estimate of drug-likeness (QED) is 0.261. The molecule has 0 radical (unpaired) electrons. The average molecular weight is 518 g/mol. The maximum Gasteiger partial charge on any atom is 0.306 e. The predicted molar refractivity (Wildman–Crippen MR) is 145 cm³/mol. The van der Waals surface area contributed by atoms with E-state index < -0.39 is 29.7 Å². The molecule has 0 fully saturated rings. The molecule has 8 nitrogen and oxygen atoms in total. The van der Waals surface area contributed by atoms with Crippen LogP contribution in [0.4, 0.5) is 0 Å². The van der Waals surface area contributed by atoms with Crippen LogP contribution in [0.25, 0.3) is 32.6 Å². The number of ether oxygens (including phenoxy) is 4. The Labute approximate surface area is 220 Å². The number of hydrogen-bond acceptors (Lipinski definition) is 7. The number of benzene rings is 3. The summed E-state index contributed by atoms with van der Waals surface area (Å²) in [7, 11) is 3.35. The summed E-state index contributed by atoms with van der Waals surface area (Å²) in [6.45, 7) is 6.94. The van der Waals surface area contributed by atoms with Gasteiger partial charge in [-0.2, -0.15) is 0 Å². The third-order valence-corrected chi connectivity index (χ3v) is 7.23. The van der Waals surface area contributed by atoms with Gasteiger partial charge in [-0.1, -0.05) is 38.1 Å². The number of aryl methyl sites for hydroxylation is 1. The third-order valence-electron chi connectivity index (χ3n) is 7.23. The number of aromatic nitrogens is 1. The lowest BCUT2D eigenvalue weighted by Crippen LogP contribution is -2.52. The molecule has 5 rings (SSSR count). The minimum atomic E-state index is -1.04. The van der Waals surface area contributed by atoms with Crippen LogP contribution in [-0.2, 0) is 26.1 Å². The van der Waals surface area contributed by atoms with E-state index in [1.165, 1.54) is 7.11 Å². The smallest absolute Gasteiger partial charge is 0.306 e. The summed E-state index contributed by atoms with van der Waals surface area (Å²) >= 11 is 0. The molecule has 8 heteroatoms. The summed E-state index contributed by atoms with van der Waals surface area (Å²) in [5.74, 6) is -0.171. The Hall–Kier alpha value is -4.07. The van der Waals surface area contributed by atoms with Gasteiger partial charge in [0.15, 0.2) is 12.2 Å². The fourth-order valence-corrected chi connectivity index (χ4v) is 5.30. The van der Waals surface area contributed by atoms with E-state index in [0.29, 0.717) is 38.9 Å². The molecule has 3 aromatic carbocycles. The van der Waals surface area contributed by atoms with E-state index in [9.17, 15) is 14.4 Å². The van der Waals surface area contributed by atoms with E-state index in [4.69, 9.17) is 18.9 Å². The molecule has 0 spiro atoms. The molecule has 0 bridgehead atoms. The van der Waals surface area contributed by atoms with Crippen LogP contribution in [-0.4, -0.2) is 35.3 Å². The fourth-order valence-electron chi connectivity index (χ4n) is 5.30. The zero-order valence-corrected chi connectivity index (χ0v) is 22.4. The minimum absolute atomic E-state index is 0.128. The number of carbonyl (C=O) groups excluding carboxylic acids is 2. The molecule has 198 valence electrons. The first-order valence-corrected chi connectivity index (χ1v) is 12.7. The lowest BCUT2D eigenvalue weighted by atomic mass is 9.86. The Balaban J connectivity index is 1.92. The summed E-state index contributed by atoms with van der Waals surface area (Å²) in [6.07, 6.45) is -1.68. The van der Waals surface area contributed by atoms with Crippen molar-refractivity contribution in [1.82, 2.24) is 4.57 Å². The largest absolute Gasteiger partial charge is 0.496 e. The first-order valence-electron chi connectivity index (χ1n) is 12.7.